The van der Waals surface area contributed by atoms with E-state index < -0.39 is 0 Å². The van der Waals surface area contributed by atoms with Crippen LogP contribution in [-0.2, 0) is 6.54 Å². The molecule has 1 fully saturated rings. The molecule has 0 saturated heterocycles. The highest BCUT2D eigenvalue weighted by atomic mass is 19.1. The summed E-state index contributed by atoms with van der Waals surface area (Å²) in [5, 5.41) is 3.41. The van der Waals surface area contributed by atoms with Gasteiger partial charge in [0.25, 0.3) is 0 Å². The summed E-state index contributed by atoms with van der Waals surface area (Å²) in [4.78, 5) is 8.66. The average Bonchev–Trinajstić information content (AvgIpc) is 3.24. The van der Waals surface area contributed by atoms with Crippen molar-refractivity contribution in [3.8, 4) is 11.4 Å². The molecule has 2 aromatic rings. The Bertz CT molecular complexity index is 576. The minimum atomic E-state index is -0.260. The highest BCUT2D eigenvalue weighted by Crippen LogP contribution is 2.21. The van der Waals surface area contributed by atoms with Gasteiger partial charge in [0.1, 0.15) is 5.82 Å². The fraction of sp³-hybridized carbons (Fsp3) is 0.333. The molecule has 0 amide bonds. The fourth-order valence-electron chi connectivity index (χ4n) is 1.97. The summed E-state index contributed by atoms with van der Waals surface area (Å²) in [5.41, 5.74) is 2.79. The van der Waals surface area contributed by atoms with Gasteiger partial charge < -0.3 is 5.32 Å². The zero-order valence-corrected chi connectivity index (χ0v) is 10.9. The van der Waals surface area contributed by atoms with Gasteiger partial charge in [0.05, 0.1) is 0 Å². The monoisotopic (exact) mass is 257 g/mol. The number of benzene rings is 1. The van der Waals surface area contributed by atoms with Crippen LogP contribution in [0.25, 0.3) is 11.4 Å². The van der Waals surface area contributed by atoms with Crippen LogP contribution in [0.3, 0.4) is 0 Å². The first-order valence-corrected chi connectivity index (χ1v) is 6.53. The van der Waals surface area contributed by atoms with Gasteiger partial charge in [0.15, 0.2) is 5.82 Å². The number of hydrogen-bond donors (Lipinski definition) is 1. The van der Waals surface area contributed by atoms with E-state index in [1.807, 2.05) is 19.3 Å². The number of nitrogens with one attached hydrogen (secondary N) is 1. The van der Waals surface area contributed by atoms with E-state index in [4.69, 9.17) is 0 Å². The summed E-state index contributed by atoms with van der Waals surface area (Å²) in [7, 11) is 0. The van der Waals surface area contributed by atoms with Crippen LogP contribution in [0.15, 0.2) is 30.6 Å². The molecule has 0 aliphatic heterocycles. The molecule has 1 saturated carbocycles. The Kier molecular flexibility index (Phi) is 3.25. The zero-order valence-electron chi connectivity index (χ0n) is 10.9. The number of aromatic nitrogens is 2. The number of rotatable bonds is 4. The van der Waals surface area contributed by atoms with E-state index in [0.717, 1.165) is 23.2 Å². The van der Waals surface area contributed by atoms with Gasteiger partial charge in [0, 0.05) is 36.1 Å². The topological polar surface area (TPSA) is 37.8 Å². The molecule has 3 nitrogen and oxygen atoms in total. The molecule has 0 radical (unpaired) electrons. The third-order valence-corrected chi connectivity index (χ3v) is 3.32. The molecule has 0 atom stereocenters. The molecule has 1 aromatic carbocycles. The smallest absolute Gasteiger partial charge is 0.159 e. The Morgan fingerprint density at radius 3 is 2.68 bits per heavy atom. The highest BCUT2D eigenvalue weighted by molar-refractivity contribution is 5.59. The molecule has 19 heavy (non-hydrogen) atoms. The van der Waals surface area contributed by atoms with Crippen molar-refractivity contribution in [3.05, 3.63) is 47.5 Å². The first-order valence-electron chi connectivity index (χ1n) is 6.53. The molecule has 0 spiro atoms. The van der Waals surface area contributed by atoms with E-state index in [0.29, 0.717) is 11.9 Å². The van der Waals surface area contributed by atoms with Gasteiger partial charge in [-0.05, 0) is 37.5 Å². The maximum Gasteiger partial charge on any atom is 0.159 e. The molecule has 0 bridgehead atoms. The molecule has 4 heteroatoms. The second kappa shape index (κ2) is 5.05. The van der Waals surface area contributed by atoms with Crippen LogP contribution < -0.4 is 5.32 Å². The quantitative estimate of drug-likeness (QED) is 0.915. The van der Waals surface area contributed by atoms with Gasteiger partial charge in [0.2, 0.25) is 0 Å². The van der Waals surface area contributed by atoms with Crippen LogP contribution in [0.4, 0.5) is 4.39 Å². The minimum Gasteiger partial charge on any atom is -0.310 e. The van der Waals surface area contributed by atoms with Crippen LogP contribution in [0.1, 0.15) is 24.0 Å². The van der Waals surface area contributed by atoms with E-state index in [1.165, 1.54) is 25.0 Å². The molecule has 1 aliphatic rings. The summed E-state index contributed by atoms with van der Waals surface area (Å²) in [6.07, 6.45) is 6.15. The number of aryl methyl sites for hydroxylation is 1. The predicted molar refractivity (Wildman–Crippen MR) is 72.0 cm³/mol. The van der Waals surface area contributed by atoms with Crippen molar-refractivity contribution in [2.45, 2.75) is 32.4 Å². The Morgan fingerprint density at radius 1 is 1.26 bits per heavy atom. The van der Waals surface area contributed by atoms with Crippen molar-refractivity contribution in [1.82, 2.24) is 15.3 Å². The van der Waals surface area contributed by atoms with E-state index in [2.05, 4.69) is 15.3 Å². The lowest BCUT2D eigenvalue weighted by molar-refractivity contribution is 0.627. The molecule has 3 rings (SSSR count). The van der Waals surface area contributed by atoms with E-state index in [-0.39, 0.29) is 5.82 Å². The molecule has 1 heterocycles. The molecule has 1 aliphatic carbocycles. The number of nitrogens with zero attached hydrogens (tertiary/aromatic N) is 2. The summed E-state index contributed by atoms with van der Waals surface area (Å²) in [5.74, 6) is 0.316. The van der Waals surface area contributed by atoms with E-state index in [9.17, 15) is 4.39 Å². The maximum atomic E-state index is 13.3. The van der Waals surface area contributed by atoms with Crippen molar-refractivity contribution in [1.29, 1.82) is 0 Å². The normalized spacial score (nSPS) is 14.6. The lowest BCUT2D eigenvalue weighted by Gasteiger charge is -2.06. The van der Waals surface area contributed by atoms with E-state index in [1.54, 1.807) is 6.07 Å². The van der Waals surface area contributed by atoms with Gasteiger partial charge in [-0.1, -0.05) is 6.07 Å². The highest BCUT2D eigenvalue weighted by Gasteiger charge is 2.20. The second-order valence-electron chi connectivity index (χ2n) is 5.03. The van der Waals surface area contributed by atoms with Gasteiger partial charge >= 0.3 is 0 Å². The Balaban J connectivity index is 1.78. The summed E-state index contributed by atoms with van der Waals surface area (Å²) in [6.45, 7) is 2.73. The number of hydrogen-bond acceptors (Lipinski definition) is 3. The van der Waals surface area contributed by atoms with Crippen molar-refractivity contribution in [2.75, 3.05) is 0 Å². The maximum absolute atomic E-state index is 13.3. The Morgan fingerprint density at radius 2 is 2.00 bits per heavy atom. The van der Waals surface area contributed by atoms with Gasteiger partial charge in [-0.3, -0.25) is 0 Å². The lowest BCUT2D eigenvalue weighted by atomic mass is 10.1. The van der Waals surface area contributed by atoms with Crippen molar-refractivity contribution in [3.63, 3.8) is 0 Å². The molecule has 1 aromatic heterocycles. The third-order valence-electron chi connectivity index (χ3n) is 3.32. The van der Waals surface area contributed by atoms with Crippen molar-refractivity contribution < 1.29 is 4.39 Å². The standard InChI is InChI=1S/C15H16FN3/c1-10-2-3-12(16)6-14(10)15-18-8-11(9-19-15)7-17-13-4-5-13/h2-3,6,8-9,13,17H,4-5,7H2,1H3. The molecule has 0 unspecified atom stereocenters. The molecule has 1 N–H and O–H groups in total. The Hall–Kier alpha value is -1.81. The molecular formula is C15H16FN3. The SMILES string of the molecule is Cc1ccc(F)cc1-c1ncc(CNC2CC2)cn1. The van der Waals surface area contributed by atoms with Gasteiger partial charge in [-0.25, -0.2) is 14.4 Å². The summed E-state index contributed by atoms with van der Waals surface area (Å²) < 4.78 is 13.3. The van der Waals surface area contributed by atoms with Crippen LogP contribution in [0.2, 0.25) is 0 Å². The van der Waals surface area contributed by atoms with Crippen LogP contribution in [0.5, 0.6) is 0 Å². The second-order valence-corrected chi connectivity index (χ2v) is 5.03. The zero-order chi connectivity index (χ0) is 13.2. The van der Waals surface area contributed by atoms with Crippen LogP contribution >= 0.6 is 0 Å². The minimum absolute atomic E-state index is 0.260. The van der Waals surface area contributed by atoms with Crippen LogP contribution in [-0.4, -0.2) is 16.0 Å². The molecule has 98 valence electrons. The largest absolute Gasteiger partial charge is 0.310 e. The van der Waals surface area contributed by atoms with Gasteiger partial charge in [-0.2, -0.15) is 0 Å². The summed E-state index contributed by atoms with van der Waals surface area (Å²) >= 11 is 0. The third kappa shape index (κ3) is 2.96. The predicted octanol–water partition coefficient (Wildman–Crippen LogP) is 2.84. The van der Waals surface area contributed by atoms with E-state index >= 15 is 0 Å². The lowest BCUT2D eigenvalue weighted by Crippen LogP contribution is -2.15. The first kappa shape index (κ1) is 12.2. The fourth-order valence-corrected chi connectivity index (χ4v) is 1.97. The Labute approximate surface area is 111 Å². The average molecular weight is 257 g/mol. The summed E-state index contributed by atoms with van der Waals surface area (Å²) in [6, 6.07) is 5.35. The van der Waals surface area contributed by atoms with Gasteiger partial charge in [-0.15, -0.1) is 0 Å². The van der Waals surface area contributed by atoms with Crippen molar-refractivity contribution >= 4 is 0 Å². The molecular weight excluding hydrogens is 241 g/mol. The van der Waals surface area contributed by atoms with Crippen molar-refractivity contribution in [2.24, 2.45) is 0 Å². The number of halogens is 1. The van der Waals surface area contributed by atoms with Crippen LogP contribution in [0, 0.1) is 12.7 Å². The first-order chi connectivity index (χ1) is 9.22.